The lowest BCUT2D eigenvalue weighted by atomic mass is 9.94. The SMILES string of the molecule is CC(N)CCCC(C)CN1CCC(CN(C)C)CC1. The van der Waals surface area contributed by atoms with Crippen molar-refractivity contribution in [3.8, 4) is 0 Å². The van der Waals surface area contributed by atoms with E-state index in [4.69, 9.17) is 5.73 Å². The summed E-state index contributed by atoms with van der Waals surface area (Å²) in [4.78, 5) is 5.00. The predicted octanol–water partition coefficient (Wildman–Crippen LogP) is 2.41. The van der Waals surface area contributed by atoms with E-state index in [0.717, 1.165) is 11.8 Å². The summed E-state index contributed by atoms with van der Waals surface area (Å²) < 4.78 is 0. The standard InChI is InChI=1S/C16H35N3/c1-14(6-5-7-15(2)17)12-19-10-8-16(9-11-19)13-18(3)4/h14-16H,5-13,17H2,1-4H3. The van der Waals surface area contributed by atoms with E-state index in [1.165, 1.54) is 58.3 Å². The Hall–Kier alpha value is -0.120. The van der Waals surface area contributed by atoms with Crippen LogP contribution in [-0.2, 0) is 0 Å². The largest absolute Gasteiger partial charge is 0.328 e. The summed E-state index contributed by atoms with van der Waals surface area (Å²) in [5.41, 5.74) is 5.80. The van der Waals surface area contributed by atoms with Crippen molar-refractivity contribution in [1.82, 2.24) is 9.80 Å². The van der Waals surface area contributed by atoms with E-state index >= 15 is 0 Å². The van der Waals surface area contributed by atoms with Crippen molar-refractivity contribution in [2.24, 2.45) is 17.6 Å². The van der Waals surface area contributed by atoms with Gasteiger partial charge < -0.3 is 15.5 Å². The molecular formula is C16H35N3. The van der Waals surface area contributed by atoms with E-state index in [2.05, 4.69) is 37.7 Å². The van der Waals surface area contributed by atoms with Crippen LogP contribution in [0.5, 0.6) is 0 Å². The van der Waals surface area contributed by atoms with Gasteiger partial charge in [0, 0.05) is 19.1 Å². The predicted molar refractivity (Wildman–Crippen MR) is 84.4 cm³/mol. The molecule has 3 nitrogen and oxygen atoms in total. The van der Waals surface area contributed by atoms with Crippen LogP contribution in [0.4, 0.5) is 0 Å². The summed E-state index contributed by atoms with van der Waals surface area (Å²) in [7, 11) is 4.37. The first-order chi connectivity index (χ1) is 8.97. The molecule has 0 bridgehead atoms. The van der Waals surface area contributed by atoms with Crippen LogP contribution in [-0.4, -0.2) is 56.1 Å². The molecule has 0 aromatic heterocycles. The number of piperidine rings is 1. The van der Waals surface area contributed by atoms with E-state index < -0.39 is 0 Å². The normalized spacial score (nSPS) is 21.8. The van der Waals surface area contributed by atoms with E-state index in [9.17, 15) is 0 Å². The van der Waals surface area contributed by atoms with Crippen LogP contribution in [0.15, 0.2) is 0 Å². The van der Waals surface area contributed by atoms with Crippen molar-refractivity contribution in [3.63, 3.8) is 0 Å². The molecule has 1 aliphatic heterocycles. The molecule has 0 aliphatic carbocycles. The Morgan fingerprint density at radius 2 is 1.79 bits per heavy atom. The van der Waals surface area contributed by atoms with Crippen LogP contribution < -0.4 is 5.73 Å². The molecule has 2 atom stereocenters. The van der Waals surface area contributed by atoms with Crippen LogP contribution in [0.1, 0.15) is 46.0 Å². The molecule has 2 unspecified atom stereocenters. The first kappa shape index (κ1) is 16.9. The van der Waals surface area contributed by atoms with Gasteiger partial charge in [-0.3, -0.25) is 0 Å². The Morgan fingerprint density at radius 3 is 2.32 bits per heavy atom. The summed E-state index contributed by atoms with van der Waals surface area (Å²) in [6.07, 6.45) is 6.56. The van der Waals surface area contributed by atoms with Crippen molar-refractivity contribution in [3.05, 3.63) is 0 Å². The van der Waals surface area contributed by atoms with Gasteiger partial charge in [-0.15, -0.1) is 0 Å². The van der Waals surface area contributed by atoms with Crippen molar-refractivity contribution < 1.29 is 0 Å². The van der Waals surface area contributed by atoms with Gasteiger partial charge in [-0.25, -0.2) is 0 Å². The molecule has 1 aliphatic rings. The Balaban J connectivity index is 2.11. The minimum absolute atomic E-state index is 0.369. The maximum absolute atomic E-state index is 5.80. The highest BCUT2D eigenvalue weighted by Gasteiger charge is 2.20. The summed E-state index contributed by atoms with van der Waals surface area (Å²) >= 11 is 0. The van der Waals surface area contributed by atoms with Crippen molar-refractivity contribution >= 4 is 0 Å². The van der Waals surface area contributed by atoms with Crippen LogP contribution in [0, 0.1) is 11.8 Å². The number of nitrogens with two attached hydrogens (primary N) is 1. The minimum Gasteiger partial charge on any atom is -0.328 e. The topological polar surface area (TPSA) is 32.5 Å². The van der Waals surface area contributed by atoms with Gasteiger partial charge in [-0.2, -0.15) is 0 Å². The second-order valence-electron chi connectivity index (χ2n) is 7.02. The Morgan fingerprint density at radius 1 is 1.16 bits per heavy atom. The van der Waals surface area contributed by atoms with Gasteiger partial charge in [0.25, 0.3) is 0 Å². The second kappa shape index (κ2) is 8.93. The summed E-state index contributed by atoms with van der Waals surface area (Å²) in [5, 5.41) is 0. The van der Waals surface area contributed by atoms with Crippen LogP contribution in [0.25, 0.3) is 0 Å². The van der Waals surface area contributed by atoms with Gasteiger partial charge in [0.1, 0.15) is 0 Å². The lowest BCUT2D eigenvalue weighted by Crippen LogP contribution is -2.39. The molecule has 114 valence electrons. The molecule has 1 heterocycles. The van der Waals surface area contributed by atoms with Gasteiger partial charge in [0.05, 0.1) is 0 Å². The first-order valence-electron chi connectivity index (χ1n) is 8.10. The number of rotatable bonds is 8. The van der Waals surface area contributed by atoms with Gasteiger partial charge in [0.15, 0.2) is 0 Å². The summed E-state index contributed by atoms with van der Waals surface area (Å²) in [6, 6.07) is 0.369. The quantitative estimate of drug-likeness (QED) is 0.734. The lowest BCUT2D eigenvalue weighted by Gasteiger charge is -2.34. The Kier molecular flexibility index (Phi) is 7.96. The molecule has 1 fully saturated rings. The van der Waals surface area contributed by atoms with E-state index in [0.29, 0.717) is 6.04 Å². The summed E-state index contributed by atoms with van der Waals surface area (Å²) in [5.74, 6) is 1.74. The van der Waals surface area contributed by atoms with Gasteiger partial charge >= 0.3 is 0 Å². The number of nitrogens with zero attached hydrogens (tertiary/aromatic N) is 2. The van der Waals surface area contributed by atoms with Crippen LogP contribution >= 0.6 is 0 Å². The van der Waals surface area contributed by atoms with E-state index in [-0.39, 0.29) is 0 Å². The van der Waals surface area contributed by atoms with Crippen molar-refractivity contribution in [2.75, 3.05) is 40.3 Å². The maximum atomic E-state index is 5.80. The van der Waals surface area contributed by atoms with Crippen LogP contribution in [0.3, 0.4) is 0 Å². The monoisotopic (exact) mass is 269 g/mol. The molecule has 0 aromatic carbocycles. The first-order valence-corrected chi connectivity index (χ1v) is 8.10. The lowest BCUT2D eigenvalue weighted by molar-refractivity contribution is 0.144. The van der Waals surface area contributed by atoms with Crippen molar-refractivity contribution in [1.29, 1.82) is 0 Å². The molecule has 0 spiro atoms. The van der Waals surface area contributed by atoms with Crippen LogP contribution in [0.2, 0.25) is 0 Å². The third-order valence-electron chi connectivity index (χ3n) is 4.26. The average Bonchev–Trinajstić information content (AvgIpc) is 2.30. The highest BCUT2D eigenvalue weighted by atomic mass is 15.1. The average molecular weight is 269 g/mol. The van der Waals surface area contributed by atoms with Crippen molar-refractivity contribution in [2.45, 2.75) is 52.0 Å². The summed E-state index contributed by atoms with van der Waals surface area (Å²) in [6.45, 7) is 9.66. The molecule has 1 saturated heterocycles. The third kappa shape index (κ3) is 7.91. The molecule has 19 heavy (non-hydrogen) atoms. The zero-order chi connectivity index (χ0) is 14.3. The molecule has 1 rings (SSSR count). The second-order valence-corrected chi connectivity index (χ2v) is 7.02. The highest BCUT2D eigenvalue weighted by molar-refractivity contribution is 4.75. The van der Waals surface area contributed by atoms with Gasteiger partial charge in [0.2, 0.25) is 0 Å². The molecule has 3 heteroatoms. The molecular weight excluding hydrogens is 234 g/mol. The Labute approximate surface area is 120 Å². The molecule has 0 amide bonds. The maximum Gasteiger partial charge on any atom is 0.00104 e. The molecule has 0 aromatic rings. The fourth-order valence-electron chi connectivity index (χ4n) is 3.19. The van der Waals surface area contributed by atoms with Gasteiger partial charge in [-0.1, -0.05) is 13.3 Å². The highest BCUT2D eigenvalue weighted by Crippen LogP contribution is 2.20. The van der Waals surface area contributed by atoms with E-state index in [1.807, 2.05) is 0 Å². The third-order valence-corrected chi connectivity index (χ3v) is 4.26. The van der Waals surface area contributed by atoms with E-state index in [1.54, 1.807) is 0 Å². The zero-order valence-electron chi connectivity index (χ0n) is 13.6. The minimum atomic E-state index is 0.369. The molecule has 2 N–H and O–H groups in total. The Bertz CT molecular complexity index is 220. The fraction of sp³-hybridized carbons (Fsp3) is 1.00. The number of hydrogen-bond donors (Lipinski definition) is 1. The number of likely N-dealkylation sites (tertiary alicyclic amines) is 1. The molecule has 0 radical (unpaired) electrons. The smallest absolute Gasteiger partial charge is 0.00104 e. The van der Waals surface area contributed by atoms with Gasteiger partial charge in [-0.05, 0) is 71.6 Å². The fourth-order valence-corrected chi connectivity index (χ4v) is 3.19. The molecule has 0 saturated carbocycles. The number of hydrogen-bond acceptors (Lipinski definition) is 3. The zero-order valence-corrected chi connectivity index (χ0v) is 13.6.